The zero-order valence-electron chi connectivity index (χ0n) is 10.6. The first kappa shape index (κ1) is 12.2. The maximum atomic E-state index is 10.5. The highest BCUT2D eigenvalue weighted by atomic mass is 16.5. The molecule has 0 bridgehead atoms. The van der Waals surface area contributed by atoms with Crippen LogP contribution in [-0.2, 0) is 0 Å². The van der Waals surface area contributed by atoms with Crippen LogP contribution in [0.4, 0.5) is 0 Å². The van der Waals surface area contributed by atoms with Gasteiger partial charge in [0, 0.05) is 5.56 Å². The van der Waals surface area contributed by atoms with Gasteiger partial charge in [0.1, 0.15) is 11.4 Å². The molecule has 0 amide bonds. The van der Waals surface area contributed by atoms with Crippen LogP contribution in [0.1, 0.15) is 21.6 Å². The Kier molecular flexibility index (Phi) is 3.37. The third-order valence-corrected chi connectivity index (χ3v) is 2.90. The molecule has 1 aromatic carbocycles. The van der Waals surface area contributed by atoms with Crippen molar-refractivity contribution in [3.05, 3.63) is 41.1 Å². The number of nitrogens with zero attached hydrogens (tertiary/aromatic N) is 2. The Morgan fingerprint density at radius 1 is 1.11 bits per heavy atom. The summed E-state index contributed by atoms with van der Waals surface area (Å²) in [7, 11) is 1.63. The third kappa shape index (κ3) is 2.22. The molecule has 0 radical (unpaired) electrons. The molecule has 0 aliphatic heterocycles. The van der Waals surface area contributed by atoms with Crippen molar-refractivity contribution in [1.29, 1.82) is 0 Å². The monoisotopic (exact) mass is 242 g/mol. The average molecular weight is 242 g/mol. The molecule has 92 valence electrons. The molecule has 18 heavy (non-hydrogen) atoms. The molecule has 0 saturated heterocycles. The highest BCUT2D eigenvalue weighted by molar-refractivity contribution is 5.73. The fourth-order valence-electron chi connectivity index (χ4n) is 1.71. The summed E-state index contributed by atoms with van der Waals surface area (Å²) in [6.45, 7) is 4.06. The number of aryl methyl sites for hydroxylation is 2. The molecule has 0 unspecified atom stereocenters. The maximum Gasteiger partial charge on any atom is 0.170 e. The number of aromatic nitrogens is 2. The Morgan fingerprint density at radius 3 is 2.39 bits per heavy atom. The summed E-state index contributed by atoms with van der Waals surface area (Å²) in [5, 5.41) is 7.87. The zero-order chi connectivity index (χ0) is 13.1. The lowest BCUT2D eigenvalue weighted by molar-refractivity contribution is 0.111. The second kappa shape index (κ2) is 4.96. The van der Waals surface area contributed by atoms with Crippen LogP contribution in [0.15, 0.2) is 24.3 Å². The van der Waals surface area contributed by atoms with Gasteiger partial charge in [-0.05, 0) is 49.2 Å². The molecule has 0 N–H and O–H groups in total. The van der Waals surface area contributed by atoms with Crippen molar-refractivity contribution >= 4 is 6.29 Å². The number of methoxy groups -OCH3 is 1. The van der Waals surface area contributed by atoms with Crippen molar-refractivity contribution in [1.82, 2.24) is 10.2 Å². The lowest BCUT2D eigenvalue weighted by Gasteiger charge is -2.10. The minimum Gasteiger partial charge on any atom is -0.496 e. The summed E-state index contributed by atoms with van der Waals surface area (Å²) >= 11 is 0. The second-order valence-corrected chi connectivity index (χ2v) is 4.10. The van der Waals surface area contributed by atoms with Gasteiger partial charge in [0.25, 0.3) is 0 Å². The lowest BCUT2D eigenvalue weighted by Crippen LogP contribution is -1.96. The number of carbonyl (C=O) groups is 1. The Morgan fingerprint density at radius 2 is 1.83 bits per heavy atom. The standard InChI is InChI=1S/C14H14N2O2/c1-9-6-12(14(18-3)7-10(9)2)13-5-4-11(8-17)15-16-13/h4-8H,1-3H3. The van der Waals surface area contributed by atoms with Crippen LogP contribution in [0.5, 0.6) is 5.75 Å². The molecule has 2 aromatic rings. The van der Waals surface area contributed by atoms with Crippen LogP contribution in [-0.4, -0.2) is 23.6 Å². The SMILES string of the molecule is COc1cc(C)c(C)cc1-c1ccc(C=O)nn1. The van der Waals surface area contributed by atoms with Crippen molar-refractivity contribution in [3.63, 3.8) is 0 Å². The van der Waals surface area contributed by atoms with E-state index in [4.69, 9.17) is 4.74 Å². The van der Waals surface area contributed by atoms with E-state index in [0.717, 1.165) is 22.4 Å². The van der Waals surface area contributed by atoms with E-state index in [1.54, 1.807) is 19.2 Å². The first-order valence-electron chi connectivity index (χ1n) is 5.60. The van der Waals surface area contributed by atoms with Crippen molar-refractivity contribution in [2.45, 2.75) is 13.8 Å². The Balaban J connectivity index is 2.54. The van der Waals surface area contributed by atoms with Crippen LogP contribution in [0, 0.1) is 13.8 Å². The Hall–Kier alpha value is -2.23. The molecular weight excluding hydrogens is 228 g/mol. The second-order valence-electron chi connectivity index (χ2n) is 4.10. The highest BCUT2D eigenvalue weighted by Gasteiger charge is 2.10. The number of rotatable bonds is 3. The number of ether oxygens (including phenoxy) is 1. The van der Waals surface area contributed by atoms with Crippen LogP contribution < -0.4 is 4.74 Å². The van der Waals surface area contributed by atoms with Gasteiger partial charge in [-0.3, -0.25) is 4.79 Å². The van der Waals surface area contributed by atoms with Gasteiger partial charge < -0.3 is 4.74 Å². The predicted molar refractivity (Wildman–Crippen MR) is 68.9 cm³/mol. The minimum atomic E-state index is 0.321. The number of carbonyl (C=O) groups excluding carboxylic acids is 1. The Labute approximate surface area is 106 Å². The van der Waals surface area contributed by atoms with Crippen LogP contribution in [0.25, 0.3) is 11.3 Å². The molecule has 2 rings (SSSR count). The molecule has 4 heteroatoms. The molecule has 4 nitrogen and oxygen atoms in total. The number of hydrogen-bond acceptors (Lipinski definition) is 4. The van der Waals surface area contributed by atoms with E-state index in [1.807, 2.05) is 26.0 Å². The van der Waals surface area contributed by atoms with Gasteiger partial charge in [0.05, 0.1) is 12.8 Å². The van der Waals surface area contributed by atoms with Gasteiger partial charge in [-0.1, -0.05) is 0 Å². The van der Waals surface area contributed by atoms with Gasteiger partial charge in [-0.15, -0.1) is 10.2 Å². The lowest BCUT2D eigenvalue weighted by atomic mass is 10.0. The van der Waals surface area contributed by atoms with Gasteiger partial charge >= 0.3 is 0 Å². The van der Waals surface area contributed by atoms with E-state index in [0.29, 0.717) is 17.7 Å². The molecule has 0 fully saturated rings. The summed E-state index contributed by atoms with van der Waals surface area (Å²) < 4.78 is 5.35. The minimum absolute atomic E-state index is 0.321. The normalized spacial score (nSPS) is 10.2. The number of aldehydes is 1. The Bertz CT molecular complexity index is 577. The topological polar surface area (TPSA) is 52.1 Å². The molecule has 0 spiro atoms. The van der Waals surface area contributed by atoms with E-state index < -0.39 is 0 Å². The highest BCUT2D eigenvalue weighted by Crippen LogP contribution is 2.30. The van der Waals surface area contributed by atoms with E-state index >= 15 is 0 Å². The van der Waals surface area contributed by atoms with Gasteiger partial charge in [-0.25, -0.2) is 0 Å². The maximum absolute atomic E-state index is 10.5. The molecule has 0 aliphatic rings. The number of hydrogen-bond donors (Lipinski definition) is 0. The van der Waals surface area contributed by atoms with Crippen molar-refractivity contribution in [3.8, 4) is 17.0 Å². The van der Waals surface area contributed by atoms with E-state index in [-0.39, 0.29) is 0 Å². The molecular formula is C14H14N2O2. The van der Waals surface area contributed by atoms with Gasteiger partial charge in [0.15, 0.2) is 6.29 Å². The molecule has 0 aliphatic carbocycles. The van der Waals surface area contributed by atoms with Crippen LogP contribution >= 0.6 is 0 Å². The van der Waals surface area contributed by atoms with Crippen LogP contribution in [0.2, 0.25) is 0 Å². The average Bonchev–Trinajstić information content (AvgIpc) is 2.41. The zero-order valence-corrected chi connectivity index (χ0v) is 10.6. The van der Waals surface area contributed by atoms with Gasteiger partial charge in [-0.2, -0.15) is 0 Å². The smallest absolute Gasteiger partial charge is 0.170 e. The fraction of sp³-hybridized carbons (Fsp3) is 0.214. The quantitative estimate of drug-likeness (QED) is 0.776. The summed E-state index contributed by atoms with van der Waals surface area (Å²) in [6, 6.07) is 7.39. The van der Waals surface area contributed by atoms with E-state index in [2.05, 4.69) is 10.2 Å². The largest absolute Gasteiger partial charge is 0.496 e. The predicted octanol–water partition coefficient (Wildman–Crippen LogP) is 2.58. The van der Waals surface area contributed by atoms with Crippen LogP contribution in [0.3, 0.4) is 0 Å². The number of benzene rings is 1. The summed E-state index contributed by atoms with van der Waals surface area (Å²) in [5.74, 6) is 0.756. The van der Waals surface area contributed by atoms with E-state index in [1.165, 1.54) is 0 Å². The summed E-state index contributed by atoms with van der Waals surface area (Å²) in [6.07, 6.45) is 0.675. The molecule has 0 saturated carbocycles. The summed E-state index contributed by atoms with van der Waals surface area (Å²) in [5.41, 5.74) is 4.22. The van der Waals surface area contributed by atoms with Crippen molar-refractivity contribution in [2.75, 3.05) is 7.11 Å². The third-order valence-electron chi connectivity index (χ3n) is 2.90. The molecule has 0 atom stereocenters. The molecule has 1 aromatic heterocycles. The first-order chi connectivity index (χ1) is 8.65. The molecule has 1 heterocycles. The van der Waals surface area contributed by atoms with Crippen molar-refractivity contribution in [2.24, 2.45) is 0 Å². The fourth-order valence-corrected chi connectivity index (χ4v) is 1.71. The first-order valence-corrected chi connectivity index (χ1v) is 5.60. The van der Waals surface area contributed by atoms with E-state index in [9.17, 15) is 4.79 Å². The summed E-state index contributed by atoms with van der Waals surface area (Å²) in [4.78, 5) is 10.5. The van der Waals surface area contributed by atoms with Gasteiger partial charge in [0.2, 0.25) is 0 Å². The van der Waals surface area contributed by atoms with Crippen molar-refractivity contribution < 1.29 is 9.53 Å².